The fourth-order valence-corrected chi connectivity index (χ4v) is 4.77. The Kier molecular flexibility index (Phi) is 7.20. The number of nitrogens with zero attached hydrogens (tertiary/aromatic N) is 3. The largest absolute Gasteiger partial charge is 0.516 e. The number of ether oxygens (including phenoxy) is 1. The highest BCUT2D eigenvalue weighted by Crippen LogP contribution is 2.36. The van der Waals surface area contributed by atoms with Crippen molar-refractivity contribution in [2.75, 3.05) is 18.1 Å². The minimum absolute atomic E-state index is 0.0189. The van der Waals surface area contributed by atoms with Crippen molar-refractivity contribution in [1.29, 1.82) is 0 Å². The van der Waals surface area contributed by atoms with Gasteiger partial charge < -0.3 is 10.1 Å². The SMILES string of the molecule is O=C(NCc1ccc(N2CCN(S(=O)(=O)C(F)(F)F)C(C3CCC3)=N2)cc1)OCc1ccccc1. The lowest BCUT2D eigenvalue weighted by atomic mass is 9.84. The van der Waals surface area contributed by atoms with Gasteiger partial charge in [0.25, 0.3) is 0 Å². The van der Waals surface area contributed by atoms with Crippen molar-refractivity contribution < 1.29 is 31.1 Å². The van der Waals surface area contributed by atoms with Gasteiger partial charge >= 0.3 is 21.6 Å². The zero-order valence-electron chi connectivity index (χ0n) is 18.7. The second-order valence-corrected chi connectivity index (χ2v) is 10.2. The summed E-state index contributed by atoms with van der Waals surface area (Å²) in [4.78, 5) is 11.9. The van der Waals surface area contributed by atoms with Crippen molar-refractivity contribution in [2.24, 2.45) is 11.0 Å². The molecular formula is C23H25F3N4O4S. The third-order valence-electron chi connectivity index (χ3n) is 5.93. The van der Waals surface area contributed by atoms with E-state index < -0.39 is 21.6 Å². The van der Waals surface area contributed by atoms with Crippen LogP contribution in [-0.4, -0.2) is 43.2 Å². The van der Waals surface area contributed by atoms with Crippen molar-refractivity contribution in [3.8, 4) is 0 Å². The number of sulfonamides is 1. The number of anilines is 1. The third kappa shape index (κ3) is 5.69. The molecule has 1 saturated carbocycles. The van der Waals surface area contributed by atoms with Gasteiger partial charge in [0, 0.05) is 12.5 Å². The fourth-order valence-electron chi connectivity index (χ4n) is 3.76. The van der Waals surface area contributed by atoms with E-state index >= 15 is 0 Å². The van der Waals surface area contributed by atoms with Crippen LogP contribution in [0.5, 0.6) is 0 Å². The second-order valence-electron chi connectivity index (χ2n) is 8.31. The van der Waals surface area contributed by atoms with E-state index in [1.54, 1.807) is 24.3 Å². The molecule has 0 aromatic heterocycles. The maximum absolute atomic E-state index is 13.2. The van der Waals surface area contributed by atoms with Crippen molar-refractivity contribution in [1.82, 2.24) is 9.62 Å². The zero-order valence-corrected chi connectivity index (χ0v) is 19.6. The number of amides is 1. The number of nitrogens with one attached hydrogen (secondary N) is 1. The standard InChI is InChI=1S/C23H25F3N4O4S/c24-23(25,26)35(32,33)30-14-13-29(28-21(30)19-7-4-8-19)20-11-9-17(10-12-20)15-27-22(31)34-16-18-5-2-1-3-6-18/h1-3,5-6,9-12,19H,4,7-8,13-16H2,(H,27,31). The number of hydrogen-bond acceptors (Lipinski definition) is 6. The van der Waals surface area contributed by atoms with Crippen LogP contribution < -0.4 is 10.3 Å². The smallest absolute Gasteiger partial charge is 0.445 e. The molecule has 0 unspecified atom stereocenters. The van der Waals surface area contributed by atoms with E-state index in [0.29, 0.717) is 22.8 Å². The van der Waals surface area contributed by atoms with Gasteiger partial charge in [-0.15, -0.1) is 0 Å². The van der Waals surface area contributed by atoms with Crippen LogP contribution in [0.25, 0.3) is 0 Å². The number of rotatable bonds is 7. The molecule has 1 N–H and O–H groups in total. The maximum atomic E-state index is 13.2. The first-order valence-corrected chi connectivity index (χ1v) is 12.6. The molecule has 4 rings (SSSR count). The number of alkyl halides is 3. The molecule has 1 heterocycles. The lowest BCUT2D eigenvalue weighted by Crippen LogP contribution is -2.54. The van der Waals surface area contributed by atoms with Crippen molar-refractivity contribution in [2.45, 2.75) is 37.9 Å². The summed E-state index contributed by atoms with van der Waals surface area (Å²) in [6, 6.07) is 16.2. The summed E-state index contributed by atoms with van der Waals surface area (Å²) in [6.07, 6.45) is 1.46. The summed E-state index contributed by atoms with van der Waals surface area (Å²) in [7, 11) is -5.50. The number of carbonyl (C=O) groups excluding carboxylic acids is 1. The highest BCUT2D eigenvalue weighted by molar-refractivity contribution is 7.90. The van der Waals surface area contributed by atoms with Gasteiger partial charge in [-0.3, -0.25) is 5.01 Å². The first-order chi connectivity index (χ1) is 16.6. The zero-order chi connectivity index (χ0) is 25.1. The minimum atomic E-state index is -5.50. The lowest BCUT2D eigenvalue weighted by Gasteiger charge is -2.39. The molecule has 2 aromatic rings. The van der Waals surface area contributed by atoms with Crippen LogP contribution in [0.3, 0.4) is 0 Å². The molecule has 35 heavy (non-hydrogen) atoms. The van der Waals surface area contributed by atoms with E-state index in [1.807, 2.05) is 30.3 Å². The van der Waals surface area contributed by atoms with Gasteiger partial charge in [0.15, 0.2) is 0 Å². The molecule has 188 valence electrons. The number of hydrogen-bond donors (Lipinski definition) is 1. The predicted octanol–water partition coefficient (Wildman–Crippen LogP) is 4.20. The quantitative estimate of drug-likeness (QED) is 0.603. The lowest BCUT2D eigenvalue weighted by molar-refractivity contribution is -0.0474. The Hall–Kier alpha value is -3.28. The Bertz CT molecular complexity index is 1170. The van der Waals surface area contributed by atoms with Gasteiger partial charge in [0.05, 0.1) is 18.8 Å². The molecule has 0 bridgehead atoms. The molecule has 2 aliphatic rings. The molecule has 0 saturated heterocycles. The molecule has 0 spiro atoms. The Labute approximate surface area is 201 Å². The fraction of sp³-hybridized carbons (Fsp3) is 0.391. The molecule has 1 aliphatic carbocycles. The monoisotopic (exact) mass is 510 g/mol. The highest BCUT2D eigenvalue weighted by atomic mass is 32.2. The average molecular weight is 511 g/mol. The summed E-state index contributed by atoms with van der Waals surface area (Å²) in [5.74, 6) is -0.382. The van der Waals surface area contributed by atoms with E-state index in [-0.39, 0.29) is 38.0 Å². The summed E-state index contributed by atoms with van der Waals surface area (Å²) >= 11 is 0. The van der Waals surface area contributed by atoms with Crippen LogP contribution in [0.1, 0.15) is 30.4 Å². The molecule has 1 aliphatic heterocycles. The first-order valence-electron chi connectivity index (χ1n) is 11.1. The van der Waals surface area contributed by atoms with E-state index in [1.165, 1.54) is 5.01 Å². The van der Waals surface area contributed by atoms with Crippen LogP contribution >= 0.6 is 0 Å². The molecule has 8 nitrogen and oxygen atoms in total. The molecule has 0 atom stereocenters. The van der Waals surface area contributed by atoms with Crippen LogP contribution in [0.4, 0.5) is 23.7 Å². The number of alkyl carbamates (subject to hydrolysis) is 1. The molecule has 1 amide bonds. The van der Waals surface area contributed by atoms with Gasteiger partial charge in [0.1, 0.15) is 12.4 Å². The summed E-state index contributed by atoms with van der Waals surface area (Å²) in [5.41, 5.74) is -3.11. The Morgan fingerprint density at radius 3 is 2.31 bits per heavy atom. The normalized spacial score (nSPS) is 16.9. The number of benzene rings is 2. The van der Waals surface area contributed by atoms with Gasteiger partial charge in [-0.1, -0.05) is 48.9 Å². The number of hydrazone groups is 1. The van der Waals surface area contributed by atoms with Crippen LogP contribution in [-0.2, 0) is 27.9 Å². The molecule has 12 heteroatoms. The third-order valence-corrected chi connectivity index (χ3v) is 7.47. The topological polar surface area (TPSA) is 91.3 Å². The molecule has 1 fully saturated rings. The van der Waals surface area contributed by atoms with E-state index in [2.05, 4.69) is 10.4 Å². The number of halogens is 3. The van der Waals surface area contributed by atoms with Crippen LogP contribution in [0.15, 0.2) is 59.7 Å². The van der Waals surface area contributed by atoms with Crippen molar-refractivity contribution in [3.05, 3.63) is 65.7 Å². The summed E-state index contributed by atoms with van der Waals surface area (Å²) in [6.45, 7) is 0.0216. The Balaban J connectivity index is 1.38. The van der Waals surface area contributed by atoms with Crippen LogP contribution in [0, 0.1) is 5.92 Å². The average Bonchev–Trinajstić information content (AvgIpc) is 2.80. The first kappa shape index (κ1) is 24.8. The van der Waals surface area contributed by atoms with Gasteiger partial charge in [-0.05, 0) is 36.1 Å². The maximum Gasteiger partial charge on any atom is 0.516 e. The van der Waals surface area contributed by atoms with E-state index in [4.69, 9.17) is 4.74 Å². The Morgan fingerprint density at radius 2 is 1.71 bits per heavy atom. The Morgan fingerprint density at radius 1 is 1.03 bits per heavy atom. The molecule has 0 radical (unpaired) electrons. The molecular weight excluding hydrogens is 485 g/mol. The van der Waals surface area contributed by atoms with Gasteiger partial charge in [-0.25, -0.2) is 9.10 Å². The van der Waals surface area contributed by atoms with Crippen LogP contribution in [0.2, 0.25) is 0 Å². The van der Waals surface area contributed by atoms with Crippen molar-refractivity contribution in [3.63, 3.8) is 0 Å². The minimum Gasteiger partial charge on any atom is -0.445 e. The van der Waals surface area contributed by atoms with Gasteiger partial charge in [-0.2, -0.15) is 26.7 Å². The van der Waals surface area contributed by atoms with E-state index in [9.17, 15) is 26.4 Å². The van der Waals surface area contributed by atoms with Gasteiger partial charge in [0.2, 0.25) is 0 Å². The summed E-state index contributed by atoms with van der Waals surface area (Å²) in [5, 5.41) is 8.47. The van der Waals surface area contributed by atoms with E-state index in [0.717, 1.165) is 17.5 Å². The number of amidine groups is 1. The highest BCUT2D eigenvalue weighted by Gasteiger charge is 2.53. The van der Waals surface area contributed by atoms with Crippen molar-refractivity contribution >= 4 is 27.6 Å². The number of carbonyl (C=O) groups is 1. The second kappa shape index (κ2) is 10.1. The predicted molar refractivity (Wildman–Crippen MR) is 124 cm³/mol. The molecule has 2 aromatic carbocycles. The summed E-state index contributed by atoms with van der Waals surface area (Å²) < 4.78 is 69.2.